The molecule has 0 N–H and O–H groups in total. The number of rotatable bonds is 3. The second kappa shape index (κ2) is 5.71. The number of ether oxygens (including phenoxy) is 1. The van der Waals surface area contributed by atoms with Crippen molar-refractivity contribution < 1.29 is 9.15 Å². The minimum atomic E-state index is 0.852. The van der Waals surface area contributed by atoms with Gasteiger partial charge in [-0.1, -0.05) is 30.3 Å². The maximum absolute atomic E-state index is 5.53. The Kier molecular flexibility index (Phi) is 3.78. The number of halogens is 1. The van der Waals surface area contributed by atoms with Gasteiger partial charge < -0.3 is 9.15 Å². The van der Waals surface area contributed by atoms with Gasteiger partial charge in [-0.25, -0.2) is 0 Å². The van der Waals surface area contributed by atoms with E-state index in [-0.39, 0.29) is 0 Å². The van der Waals surface area contributed by atoms with Crippen molar-refractivity contribution in [3.63, 3.8) is 0 Å². The summed E-state index contributed by atoms with van der Waals surface area (Å²) in [6.07, 6.45) is 1.69. The van der Waals surface area contributed by atoms with Crippen molar-refractivity contribution in [1.82, 2.24) is 0 Å². The standard InChI is InChI=1S/C17H13IO2/c1-19-16-11-13(12-6-3-2-4-7-12)10-14(17(16)18)15-8-5-9-20-15/h2-11H,1H3. The SMILES string of the molecule is COc1cc(-c2ccccc2)cc(-c2ccco2)c1I. The Labute approximate surface area is 131 Å². The fourth-order valence-corrected chi connectivity index (χ4v) is 2.95. The highest BCUT2D eigenvalue weighted by molar-refractivity contribution is 14.1. The Balaban J connectivity index is 2.20. The van der Waals surface area contributed by atoms with Crippen LogP contribution in [-0.2, 0) is 0 Å². The van der Waals surface area contributed by atoms with Crippen LogP contribution >= 0.6 is 22.6 Å². The van der Waals surface area contributed by atoms with Crippen molar-refractivity contribution in [2.75, 3.05) is 7.11 Å². The molecule has 0 unspecified atom stereocenters. The van der Waals surface area contributed by atoms with E-state index in [1.165, 1.54) is 0 Å². The Morgan fingerprint density at radius 2 is 1.75 bits per heavy atom. The van der Waals surface area contributed by atoms with Crippen LogP contribution in [-0.4, -0.2) is 7.11 Å². The molecule has 20 heavy (non-hydrogen) atoms. The van der Waals surface area contributed by atoms with E-state index in [1.807, 2.05) is 30.3 Å². The first-order valence-corrected chi connectivity index (χ1v) is 7.34. The Hall–Kier alpha value is -1.75. The van der Waals surface area contributed by atoms with Gasteiger partial charge in [0.15, 0.2) is 0 Å². The molecule has 0 amide bonds. The highest BCUT2D eigenvalue weighted by atomic mass is 127. The van der Waals surface area contributed by atoms with Gasteiger partial charge in [0.1, 0.15) is 11.5 Å². The van der Waals surface area contributed by atoms with Gasteiger partial charge in [-0.15, -0.1) is 0 Å². The zero-order chi connectivity index (χ0) is 13.9. The molecule has 0 aliphatic rings. The molecule has 2 nitrogen and oxygen atoms in total. The first-order valence-electron chi connectivity index (χ1n) is 6.26. The highest BCUT2D eigenvalue weighted by Gasteiger charge is 2.13. The normalized spacial score (nSPS) is 10.5. The van der Waals surface area contributed by atoms with E-state index in [4.69, 9.17) is 9.15 Å². The molecule has 0 aliphatic heterocycles. The van der Waals surface area contributed by atoms with Gasteiger partial charge in [-0.3, -0.25) is 0 Å². The van der Waals surface area contributed by atoms with Gasteiger partial charge in [0.05, 0.1) is 16.9 Å². The van der Waals surface area contributed by atoms with Crippen molar-refractivity contribution in [1.29, 1.82) is 0 Å². The van der Waals surface area contributed by atoms with Crippen LogP contribution < -0.4 is 4.74 Å². The van der Waals surface area contributed by atoms with Gasteiger partial charge in [0, 0.05) is 5.56 Å². The predicted molar refractivity (Wildman–Crippen MR) is 88.8 cm³/mol. The van der Waals surface area contributed by atoms with Crippen LogP contribution in [0.5, 0.6) is 5.75 Å². The number of hydrogen-bond acceptors (Lipinski definition) is 2. The smallest absolute Gasteiger partial charge is 0.135 e. The summed E-state index contributed by atoms with van der Waals surface area (Å²) in [5.74, 6) is 1.71. The summed E-state index contributed by atoms with van der Waals surface area (Å²) in [5, 5.41) is 0. The summed E-state index contributed by atoms with van der Waals surface area (Å²) in [5.41, 5.74) is 3.33. The van der Waals surface area contributed by atoms with Crippen molar-refractivity contribution in [3.8, 4) is 28.2 Å². The first kappa shape index (κ1) is 13.2. The number of hydrogen-bond donors (Lipinski definition) is 0. The highest BCUT2D eigenvalue weighted by Crippen LogP contribution is 2.37. The minimum absolute atomic E-state index is 0.852. The topological polar surface area (TPSA) is 22.4 Å². The second-order valence-electron chi connectivity index (χ2n) is 4.38. The molecule has 100 valence electrons. The fourth-order valence-electron chi connectivity index (χ4n) is 2.15. The van der Waals surface area contributed by atoms with Crippen LogP contribution in [0.25, 0.3) is 22.5 Å². The van der Waals surface area contributed by atoms with Crippen molar-refractivity contribution in [2.24, 2.45) is 0 Å². The number of furan rings is 1. The number of methoxy groups -OCH3 is 1. The molecule has 0 radical (unpaired) electrons. The molecule has 0 atom stereocenters. The molecule has 3 heteroatoms. The zero-order valence-corrected chi connectivity index (χ0v) is 13.1. The van der Waals surface area contributed by atoms with Crippen LogP contribution in [0.4, 0.5) is 0 Å². The lowest BCUT2D eigenvalue weighted by Gasteiger charge is -2.11. The molecule has 3 rings (SSSR count). The molecule has 3 aromatic rings. The Bertz CT molecular complexity index is 703. The third kappa shape index (κ3) is 2.45. The molecular weight excluding hydrogens is 363 g/mol. The first-order chi connectivity index (χ1) is 9.79. The summed E-state index contributed by atoms with van der Waals surface area (Å²) in [7, 11) is 1.69. The average molecular weight is 376 g/mol. The van der Waals surface area contributed by atoms with Crippen molar-refractivity contribution in [2.45, 2.75) is 0 Å². The van der Waals surface area contributed by atoms with E-state index in [0.717, 1.165) is 31.8 Å². The molecule has 0 bridgehead atoms. The van der Waals surface area contributed by atoms with E-state index >= 15 is 0 Å². The van der Waals surface area contributed by atoms with Gasteiger partial charge in [-0.05, 0) is 58.0 Å². The monoisotopic (exact) mass is 376 g/mol. The average Bonchev–Trinajstić information content (AvgIpc) is 3.02. The molecular formula is C17H13IO2. The van der Waals surface area contributed by atoms with Crippen LogP contribution in [0, 0.1) is 3.57 Å². The molecule has 2 aromatic carbocycles. The summed E-state index contributed by atoms with van der Waals surface area (Å²) in [6.45, 7) is 0. The van der Waals surface area contributed by atoms with Crippen LogP contribution in [0.1, 0.15) is 0 Å². The van der Waals surface area contributed by atoms with Gasteiger partial charge in [0.2, 0.25) is 0 Å². The quantitative estimate of drug-likeness (QED) is 0.585. The van der Waals surface area contributed by atoms with Crippen LogP contribution in [0.3, 0.4) is 0 Å². The van der Waals surface area contributed by atoms with E-state index < -0.39 is 0 Å². The van der Waals surface area contributed by atoms with Crippen LogP contribution in [0.2, 0.25) is 0 Å². The lowest BCUT2D eigenvalue weighted by atomic mass is 10.0. The molecule has 1 aromatic heterocycles. The zero-order valence-electron chi connectivity index (χ0n) is 11.0. The third-order valence-electron chi connectivity index (χ3n) is 3.15. The number of benzene rings is 2. The molecule has 0 saturated carbocycles. The van der Waals surface area contributed by atoms with Crippen molar-refractivity contribution in [3.05, 3.63) is 64.4 Å². The summed E-state index contributed by atoms with van der Waals surface area (Å²) >= 11 is 2.29. The Morgan fingerprint density at radius 1 is 0.950 bits per heavy atom. The van der Waals surface area contributed by atoms with Crippen LogP contribution in [0.15, 0.2) is 65.3 Å². The summed E-state index contributed by atoms with van der Waals surface area (Å²) < 4.78 is 12.1. The van der Waals surface area contributed by atoms with Gasteiger partial charge in [-0.2, -0.15) is 0 Å². The molecule has 0 fully saturated rings. The van der Waals surface area contributed by atoms with Gasteiger partial charge in [0.25, 0.3) is 0 Å². The van der Waals surface area contributed by atoms with E-state index in [2.05, 4.69) is 46.9 Å². The largest absolute Gasteiger partial charge is 0.496 e. The molecule has 1 heterocycles. The van der Waals surface area contributed by atoms with E-state index in [0.29, 0.717) is 0 Å². The molecule has 0 saturated heterocycles. The lowest BCUT2D eigenvalue weighted by molar-refractivity contribution is 0.412. The lowest BCUT2D eigenvalue weighted by Crippen LogP contribution is -1.92. The van der Waals surface area contributed by atoms with E-state index in [1.54, 1.807) is 13.4 Å². The maximum atomic E-state index is 5.53. The summed E-state index contributed by atoms with van der Waals surface area (Å²) in [4.78, 5) is 0. The second-order valence-corrected chi connectivity index (χ2v) is 5.46. The third-order valence-corrected chi connectivity index (χ3v) is 4.27. The van der Waals surface area contributed by atoms with E-state index in [9.17, 15) is 0 Å². The predicted octanol–water partition coefficient (Wildman–Crippen LogP) is 5.23. The maximum Gasteiger partial charge on any atom is 0.135 e. The fraction of sp³-hybridized carbons (Fsp3) is 0.0588. The Morgan fingerprint density at radius 3 is 2.40 bits per heavy atom. The van der Waals surface area contributed by atoms with Gasteiger partial charge >= 0.3 is 0 Å². The summed E-state index contributed by atoms with van der Waals surface area (Å²) in [6, 6.07) is 18.3. The minimum Gasteiger partial charge on any atom is -0.496 e. The van der Waals surface area contributed by atoms with Crippen molar-refractivity contribution >= 4 is 22.6 Å². The molecule has 0 spiro atoms. The molecule has 0 aliphatic carbocycles.